The molecule has 0 aliphatic carbocycles. The fourth-order valence-corrected chi connectivity index (χ4v) is 2.51. The molecule has 1 aromatic carbocycles. The van der Waals surface area contributed by atoms with Crippen molar-refractivity contribution < 1.29 is 9.90 Å². The van der Waals surface area contributed by atoms with Crippen LogP contribution in [0.15, 0.2) is 24.3 Å². The Balaban J connectivity index is 0.000000346. The van der Waals surface area contributed by atoms with E-state index in [1.807, 2.05) is 13.2 Å². The number of aryl methyl sites for hydroxylation is 1. The summed E-state index contributed by atoms with van der Waals surface area (Å²) in [5.41, 5.74) is 4.67. The first-order valence-electron chi connectivity index (χ1n) is 7.04. The molecule has 0 saturated carbocycles. The lowest BCUT2D eigenvalue weighted by atomic mass is 9.81. The van der Waals surface area contributed by atoms with Crippen LogP contribution in [0.3, 0.4) is 0 Å². The van der Waals surface area contributed by atoms with E-state index >= 15 is 0 Å². The number of piperidine rings is 1. The maximum Gasteiger partial charge on any atom is 0.308 e. The van der Waals surface area contributed by atoms with Crippen LogP contribution < -0.4 is 16.6 Å². The number of thioether (sulfide) groups is 1. The van der Waals surface area contributed by atoms with Crippen LogP contribution >= 0.6 is 24.0 Å². The standard InChI is InChI=1S/C13H17NO2.C2H6N2S2/c1-9-2-4-10(5-3-9)11-6-7-14-8-12(11)13(15)16;1-6-2(5)4-3/h2-5,11-12,14H,6-8H2,1H3,(H,15,16);3H2,1H3,(H,4,5). The maximum atomic E-state index is 11.2. The van der Waals surface area contributed by atoms with Crippen molar-refractivity contribution in [2.75, 3.05) is 19.3 Å². The zero-order valence-corrected chi connectivity index (χ0v) is 14.5. The van der Waals surface area contributed by atoms with Crippen LogP contribution in [-0.4, -0.2) is 34.7 Å². The van der Waals surface area contributed by atoms with Gasteiger partial charge < -0.3 is 15.8 Å². The SMILES string of the molecule is CSC(=S)NN.Cc1ccc(C2CCNCC2C(=O)O)cc1. The fraction of sp³-hybridized carbons (Fsp3) is 0.467. The Morgan fingerprint density at radius 2 is 2.09 bits per heavy atom. The third-order valence-corrected chi connectivity index (χ3v) is 4.71. The summed E-state index contributed by atoms with van der Waals surface area (Å²) < 4.78 is 0.620. The van der Waals surface area contributed by atoms with E-state index in [1.54, 1.807) is 0 Å². The molecule has 22 heavy (non-hydrogen) atoms. The van der Waals surface area contributed by atoms with Gasteiger partial charge in [-0.1, -0.05) is 53.8 Å². The third-order valence-electron chi connectivity index (χ3n) is 3.61. The highest BCUT2D eigenvalue weighted by atomic mass is 32.2. The number of thiocarbonyl (C=S) groups is 1. The summed E-state index contributed by atoms with van der Waals surface area (Å²) in [6, 6.07) is 8.22. The van der Waals surface area contributed by atoms with Gasteiger partial charge in [-0.05, 0) is 37.6 Å². The Hall–Kier alpha value is -1.15. The van der Waals surface area contributed by atoms with Gasteiger partial charge in [0.25, 0.3) is 0 Å². The molecule has 7 heteroatoms. The second-order valence-corrected chi connectivity index (χ2v) is 6.57. The van der Waals surface area contributed by atoms with Gasteiger partial charge in [0.1, 0.15) is 4.32 Å². The first-order valence-corrected chi connectivity index (χ1v) is 8.67. The molecule has 1 saturated heterocycles. The molecule has 0 spiro atoms. The number of carboxylic acids is 1. The van der Waals surface area contributed by atoms with Crippen molar-refractivity contribution in [1.82, 2.24) is 10.7 Å². The number of aliphatic carboxylic acids is 1. The van der Waals surface area contributed by atoms with Gasteiger partial charge in [0, 0.05) is 6.54 Å². The molecule has 1 aliphatic heterocycles. The number of hydrogen-bond acceptors (Lipinski definition) is 5. The molecule has 5 nitrogen and oxygen atoms in total. The van der Waals surface area contributed by atoms with E-state index in [0.29, 0.717) is 10.9 Å². The second kappa shape index (κ2) is 9.78. The summed E-state index contributed by atoms with van der Waals surface area (Å²) >= 11 is 6.00. The normalized spacial score (nSPS) is 20.5. The minimum Gasteiger partial charge on any atom is -0.481 e. The number of hydrogen-bond donors (Lipinski definition) is 4. The van der Waals surface area contributed by atoms with Crippen LogP contribution in [0.4, 0.5) is 0 Å². The Bertz CT molecular complexity index is 488. The summed E-state index contributed by atoms with van der Waals surface area (Å²) in [7, 11) is 0. The molecule has 0 bridgehead atoms. The summed E-state index contributed by atoms with van der Waals surface area (Å²) in [5, 5.41) is 12.3. The predicted octanol–water partition coefficient (Wildman–Crippen LogP) is 1.87. The van der Waals surface area contributed by atoms with Crippen molar-refractivity contribution >= 4 is 34.3 Å². The lowest BCUT2D eigenvalue weighted by Crippen LogP contribution is -2.39. The first-order chi connectivity index (χ1) is 10.5. The van der Waals surface area contributed by atoms with Crippen molar-refractivity contribution in [3.05, 3.63) is 35.4 Å². The van der Waals surface area contributed by atoms with E-state index in [0.717, 1.165) is 18.5 Å². The van der Waals surface area contributed by atoms with E-state index in [9.17, 15) is 9.90 Å². The molecule has 2 rings (SSSR count). The topological polar surface area (TPSA) is 87.4 Å². The molecule has 5 N–H and O–H groups in total. The quantitative estimate of drug-likeness (QED) is 0.371. The molecule has 1 aromatic rings. The van der Waals surface area contributed by atoms with E-state index in [-0.39, 0.29) is 11.8 Å². The van der Waals surface area contributed by atoms with Crippen molar-refractivity contribution in [3.8, 4) is 0 Å². The Kier molecular flexibility index (Phi) is 8.40. The van der Waals surface area contributed by atoms with Gasteiger partial charge >= 0.3 is 5.97 Å². The summed E-state index contributed by atoms with van der Waals surface area (Å²) in [6.45, 7) is 3.52. The van der Waals surface area contributed by atoms with Gasteiger partial charge in [-0.2, -0.15) is 0 Å². The average molecular weight is 342 g/mol. The second-order valence-electron chi connectivity index (χ2n) is 5.09. The highest BCUT2D eigenvalue weighted by Crippen LogP contribution is 2.30. The lowest BCUT2D eigenvalue weighted by molar-refractivity contribution is -0.142. The van der Waals surface area contributed by atoms with Crippen LogP contribution in [0.5, 0.6) is 0 Å². The maximum absolute atomic E-state index is 11.2. The molecule has 122 valence electrons. The minimum absolute atomic E-state index is 0.152. The van der Waals surface area contributed by atoms with Crippen molar-refractivity contribution in [2.24, 2.45) is 11.8 Å². The van der Waals surface area contributed by atoms with Crippen molar-refractivity contribution in [3.63, 3.8) is 0 Å². The molecule has 0 amide bonds. The summed E-state index contributed by atoms with van der Waals surface area (Å²) in [6.07, 6.45) is 2.77. The van der Waals surface area contributed by atoms with Gasteiger partial charge in [-0.3, -0.25) is 4.79 Å². The van der Waals surface area contributed by atoms with E-state index in [4.69, 9.17) is 5.84 Å². The van der Waals surface area contributed by atoms with Crippen LogP contribution in [0.25, 0.3) is 0 Å². The predicted molar refractivity (Wildman–Crippen MR) is 96.0 cm³/mol. The van der Waals surface area contributed by atoms with Crippen molar-refractivity contribution in [2.45, 2.75) is 19.3 Å². The Morgan fingerprint density at radius 3 is 2.55 bits per heavy atom. The number of rotatable bonds is 2. The Labute approximate surface area is 141 Å². The summed E-state index contributed by atoms with van der Waals surface area (Å²) in [5.74, 6) is 4.03. The van der Waals surface area contributed by atoms with Gasteiger partial charge in [-0.15, -0.1) is 0 Å². The van der Waals surface area contributed by atoms with Gasteiger partial charge in [0.05, 0.1) is 5.92 Å². The first kappa shape index (κ1) is 18.9. The molecule has 1 heterocycles. The van der Waals surface area contributed by atoms with Gasteiger partial charge in [0.2, 0.25) is 0 Å². The molecule has 0 radical (unpaired) electrons. The number of hydrazine groups is 1. The molecule has 2 unspecified atom stereocenters. The lowest BCUT2D eigenvalue weighted by Gasteiger charge is -2.29. The van der Waals surface area contributed by atoms with Crippen LogP contribution in [0.2, 0.25) is 0 Å². The van der Waals surface area contributed by atoms with Gasteiger partial charge in [-0.25, -0.2) is 5.84 Å². The van der Waals surface area contributed by atoms with E-state index < -0.39 is 5.97 Å². The Morgan fingerprint density at radius 1 is 1.45 bits per heavy atom. The monoisotopic (exact) mass is 341 g/mol. The third kappa shape index (κ3) is 5.92. The van der Waals surface area contributed by atoms with E-state index in [1.165, 1.54) is 17.3 Å². The van der Waals surface area contributed by atoms with Crippen molar-refractivity contribution in [1.29, 1.82) is 0 Å². The zero-order chi connectivity index (χ0) is 16.5. The fourth-order valence-electron chi connectivity index (χ4n) is 2.39. The number of nitrogens with two attached hydrogens (primary N) is 1. The summed E-state index contributed by atoms with van der Waals surface area (Å²) in [4.78, 5) is 11.2. The zero-order valence-electron chi connectivity index (χ0n) is 12.8. The number of nitrogens with one attached hydrogen (secondary N) is 2. The highest BCUT2D eigenvalue weighted by molar-refractivity contribution is 8.22. The van der Waals surface area contributed by atoms with Gasteiger partial charge in [0.15, 0.2) is 0 Å². The molecule has 0 aromatic heterocycles. The van der Waals surface area contributed by atoms with Crippen LogP contribution in [-0.2, 0) is 4.79 Å². The molecule has 2 atom stereocenters. The minimum atomic E-state index is -0.697. The van der Waals surface area contributed by atoms with E-state index in [2.05, 4.69) is 47.2 Å². The molecular formula is C15H23N3O2S2. The number of carboxylic acid groups (broad SMARTS) is 1. The number of benzene rings is 1. The smallest absolute Gasteiger partial charge is 0.308 e. The molecule has 1 aliphatic rings. The van der Waals surface area contributed by atoms with Crippen LogP contribution in [0, 0.1) is 12.8 Å². The number of carbonyl (C=O) groups is 1. The average Bonchev–Trinajstić information content (AvgIpc) is 2.55. The van der Waals surface area contributed by atoms with Crippen LogP contribution in [0.1, 0.15) is 23.5 Å². The molecule has 1 fully saturated rings. The largest absolute Gasteiger partial charge is 0.481 e. The molecular weight excluding hydrogens is 318 g/mol. The highest BCUT2D eigenvalue weighted by Gasteiger charge is 2.31.